The number of ether oxygens (including phenoxy) is 1. The van der Waals surface area contributed by atoms with E-state index in [0.29, 0.717) is 46.8 Å². The van der Waals surface area contributed by atoms with Crippen molar-refractivity contribution in [1.82, 2.24) is 4.57 Å². The van der Waals surface area contributed by atoms with Crippen LogP contribution in [0.3, 0.4) is 0 Å². The van der Waals surface area contributed by atoms with Crippen LogP contribution in [-0.2, 0) is 13.1 Å². The van der Waals surface area contributed by atoms with Crippen LogP contribution in [0.5, 0.6) is 5.75 Å². The van der Waals surface area contributed by atoms with E-state index in [1.807, 2.05) is 0 Å². The van der Waals surface area contributed by atoms with Gasteiger partial charge in [0.05, 0.1) is 29.3 Å². The summed E-state index contributed by atoms with van der Waals surface area (Å²) in [5, 5.41) is 10.4. The Morgan fingerprint density at radius 2 is 2.08 bits per heavy atom. The third-order valence-corrected chi connectivity index (χ3v) is 3.94. The number of nitrogens with zero attached hydrogens (tertiary/aromatic N) is 2. The Labute approximate surface area is 142 Å². The largest absolute Gasteiger partial charge is 0.491 e. The van der Waals surface area contributed by atoms with Gasteiger partial charge in [-0.05, 0) is 30.5 Å². The first-order chi connectivity index (χ1) is 11.5. The van der Waals surface area contributed by atoms with Gasteiger partial charge in [0.2, 0.25) is 0 Å². The van der Waals surface area contributed by atoms with Crippen molar-refractivity contribution in [3.8, 4) is 11.8 Å². The minimum absolute atomic E-state index is 0.0773. The fraction of sp³-hybridized carbons (Fsp3) is 0.474. The lowest BCUT2D eigenvalue weighted by Crippen LogP contribution is -2.28. The van der Waals surface area contributed by atoms with Crippen LogP contribution in [0, 0.1) is 17.2 Å². The molecule has 2 rings (SSSR count). The van der Waals surface area contributed by atoms with Crippen molar-refractivity contribution in [2.24, 2.45) is 11.7 Å². The number of benzene rings is 1. The molecule has 0 bridgehead atoms. The predicted molar refractivity (Wildman–Crippen MR) is 96.1 cm³/mol. The fourth-order valence-electron chi connectivity index (χ4n) is 2.77. The van der Waals surface area contributed by atoms with Gasteiger partial charge in [0.15, 0.2) is 0 Å². The highest BCUT2D eigenvalue weighted by molar-refractivity contribution is 5.89. The summed E-state index contributed by atoms with van der Waals surface area (Å²) in [6, 6.07) is 7.22. The standard InChI is InChI=1S/C19H25N3O2/c1-4-5-8-24-18-16-9-14(10-20)6-7-15(16)19(23)22(12-13(2)3)17(18)11-21/h6-7,9,13H,4-5,8,11-12,21H2,1-3H3. The van der Waals surface area contributed by atoms with Gasteiger partial charge in [-0.25, -0.2) is 0 Å². The molecule has 0 fully saturated rings. The average molecular weight is 327 g/mol. The second kappa shape index (κ2) is 7.98. The van der Waals surface area contributed by atoms with Crippen LogP contribution in [0.25, 0.3) is 10.8 Å². The topological polar surface area (TPSA) is 81.0 Å². The molecule has 5 nitrogen and oxygen atoms in total. The highest BCUT2D eigenvalue weighted by Crippen LogP contribution is 2.29. The van der Waals surface area contributed by atoms with E-state index in [9.17, 15) is 10.1 Å². The Morgan fingerprint density at radius 1 is 1.33 bits per heavy atom. The van der Waals surface area contributed by atoms with E-state index in [1.54, 1.807) is 22.8 Å². The quantitative estimate of drug-likeness (QED) is 0.792. The molecule has 24 heavy (non-hydrogen) atoms. The summed E-state index contributed by atoms with van der Waals surface area (Å²) in [4.78, 5) is 12.9. The van der Waals surface area contributed by atoms with Crippen LogP contribution in [0.1, 0.15) is 44.9 Å². The van der Waals surface area contributed by atoms with Crippen molar-refractivity contribution >= 4 is 10.8 Å². The lowest BCUT2D eigenvalue weighted by molar-refractivity contribution is 0.304. The first-order valence-electron chi connectivity index (χ1n) is 8.45. The number of pyridine rings is 1. The maximum absolute atomic E-state index is 12.9. The van der Waals surface area contributed by atoms with Crippen molar-refractivity contribution in [2.75, 3.05) is 6.61 Å². The normalized spacial score (nSPS) is 11.0. The average Bonchev–Trinajstić information content (AvgIpc) is 2.58. The summed E-state index contributed by atoms with van der Waals surface area (Å²) in [5.74, 6) is 0.950. The van der Waals surface area contributed by atoms with Crippen molar-refractivity contribution in [3.63, 3.8) is 0 Å². The number of fused-ring (bicyclic) bond motifs is 1. The van der Waals surface area contributed by atoms with Crippen molar-refractivity contribution in [1.29, 1.82) is 5.26 Å². The number of hydrogen-bond donors (Lipinski definition) is 1. The molecule has 5 heteroatoms. The molecule has 0 spiro atoms. The molecular formula is C19H25N3O2. The van der Waals surface area contributed by atoms with Crippen molar-refractivity contribution < 1.29 is 4.74 Å². The number of nitriles is 1. The molecule has 0 unspecified atom stereocenters. The number of nitrogens with two attached hydrogens (primary N) is 1. The maximum Gasteiger partial charge on any atom is 0.258 e. The SMILES string of the molecule is CCCCOc1c(CN)n(CC(C)C)c(=O)c2ccc(C#N)cc12. The molecule has 0 aliphatic heterocycles. The molecule has 0 amide bonds. The highest BCUT2D eigenvalue weighted by atomic mass is 16.5. The molecule has 0 saturated carbocycles. The maximum atomic E-state index is 12.9. The lowest BCUT2D eigenvalue weighted by atomic mass is 10.1. The number of rotatable bonds is 7. The number of unbranched alkanes of at least 4 members (excludes halogenated alkanes) is 1. The lowest BCUT2D eigenvalue weighted by Gasteiger charge is -2.20. The van der Waals surface area contributed by atoms with Gasteiger partial charge in [0.25, 0.3) is 5.56 Å². The zero-order valence-electron chi connectivity index (χ0n) is 14.6. The molecule has 0 atom stereocenters. The van der Waals surface area contributed by atoms with Crippen LogP contribution >= 0.6 is 0 Å². The molecule has 1 aromatic carbocycles. The van der Waals surface area contributed by atoms with E-state index in [-0.39, 0.29) is 12.1 Å². The van der Waals surface area contributed by atoms with Gasteiger partial charge in [-0.15, -0.1) is 0 Å². The zero-order valence-corrected chi connectivity index (χ0v) is 14.6. The molecule has 0 aliphatic rings. The molecule has 1 heterocycles. The van der Waals surface area contributed by atoms with Gasteiger partial charge >= 0.3 is 0 Å². The van der Waals surface area contributed by atoms with Crippen molar-refractivity contribution in [3.05, 3.63) is 39.8 Å². The smallest absolute Gasteiger partial charge is 0.258 e. The second-order valence-corrected chi connectivity index (χ2v) is 6.36. The van der Waals surface area contributed by atoms with E-state index in [2.05, 4.69) is 26.8 Å². The summed E-state index contributed by atoms with van der Waals surface area (Å²) < 4.78 is 7.73. The Hall–Kier alpha value is -2.32. The number of aromatic nitrogens is 1. The van der Waals surface area contributed by atoms with Gasteiger partial charge < -0.3 is 15.0 Å². The van der Waals surface area contributed by atoms with Crippen LogP contribution in [0.2, 0.25) is 0 Å². The van der Waals surface area contributed by atoms with Crippen LogP contribution in [0.4, 0.5) is 0 Å². The zero-order chi connectivity index (χ0) is 17.7. The fourth-order valence-corrected chi connectivity index (χ4v) is 2.77. The van der Waals surface area contributed by atoms with Gasteiger partial charge in [-0.2, -0.15) is 5.26 Å². The summed E-state index contributed by atoms with van der Waals surface area (Å²) in [6.07, 6.45) is 1.94. The Morgan fingerprint density at radius 3 is 2.67 bits per heavy atom. The van der Waals surface area contributed by atoms with E-state index in [0.717, 1.165) is 12.8 Å². The van der Waals surface area contributed by atoms with Gasteiger partial charge in [-0.3, -0.25) is 4.79 Å². The monoisotopic (exact) mass is 327 g/mol. The molecule has 0 radical (unpaired) electrons. The van der Waals surface area contributed by atoms with E-state index >= 15 is 0 Å². The highest BCUT2D eigenvalue weighted by Gasteiger charge is 2.18. The Kier molecular flexibility index (Phi) is 5.99. The second-order valence-electron chi connectivity index (χ2n) is 6.36. The predicted octanol–water partition coefficient (Wildman–Crippen LogP) is 3.17. The summed E-state index contributed by atoms with van der Waals surface area (Å²) in [5.41, 5.74) is 7.09. The summed E-state index contributed by atoms with van der Waals surface area (Å²) >= 11 is 0. The minimum Gasteiger partial charge on any atom is -0.491 e. The van der Waals surface area contributed by atoms with Crippen LogP contribution in [-0.4, -0.2) is 11.2 Å². The molecular weight excluding hydrogens is 302 g/mol. The third kappa shape index (κ3) is 3.60. The Balaban J connectivity index is 2.76. The van der Waals surface area contributed by atoms with Crippen molar-refractivity contribution in [2.45, 2.75) is 46.7 Å². The summed E-state index contributed by atoms with van der Waals surface area (Å²) in [7, 11) is 0. The molecule has 2 N–H and O–H groups in total. The Bertz CT molecular complexity index is 816. The first kappa shape index (κ1) is 18.0. The molecule has 2 aromatic rings. The van der Waals surface area contributed by atoms with E-state index < -0.39 is 0 Å². The molecule has 128 valence electrons. The first-order valence-corrected chi connectivity index (χ1v) is 8.45. The van der Waals surface area contributed by atoms with E-state index in [4.69, 9.17) is 10.5 Å². The van der Waals surface area contributed by atoms with Crippen LogP contribution in [0.15, 0.2) is 23.0 Å². The number of hydrogen-bond acceptors (Lipinski definition) is 4. The van der Waals surface area contributed by atoms with Gasteiger partial charge in [-0.1, -0.05) is 27.2 Å². The third-order valence-electron chi connectivity index (χ3n) is 3.94. The van der Waals surface area contributed by atoms with Gasteiger partial charge in [0.1, 0.15) is 5.75 Å². The molecule has 1 aromatic heterocycles. The molecule has 0 saturated heterocycles. The minimum atomic E-state index is -0.0773. The molecule has 0 aliphatic carbocycles. The van der Waals surface area contributed by atoms with E-state index in [1.165, 1.54) is 0 Å². The summed E-state index contributed by atoms with van der Waals surface area (Å²) in [6.45, 7) is 7.59. The van der Waals surface area contributed by atoms with Crippen LogP contribution < -0.4 is 16.0 Å². The van der Waals surface area contributed by atoms with Gasteiger partial charge in [0, 0.05) is 18.5 Å².